The third-order valence-corrected chi connectivity index (χ3v) is 3.84. The third kappa shape index (κ3) is 2.10. The lowest BCUT2D eigenvalue weighted by Gasteiger charge is -2.39. The van der Waals surface area contributed by atoms with E-state index in [0.717, 1.165) is 18.9 Å². The zero-order valence-electron chi connectivity index (χ0n) is 10.1. The van der Waals surface area contributed by atoms with Crippen molar-refractivity contribution in [3.8, 4) is 0 Å². The van der Waals surface area contributed by atoms with Crippen molar-refractivity contribution in [2.45, 2.75) is 33.1 Å². The van der Waals surface area contributed by atoms with E-state index in [4.69, 9.17) is 5.73 Å². The van der Waals surface area contributed by atoms with Gasteiger partial charge in [-0.1, -0.05) is 20.3 Å². The van der Waals surface area contributed by atoms with Crippen LogP contribution in [0.25, 0.3) is 0 Å². The van der Waals surface area contributed by atoms with Crippen molar-refractivity contribution in [1.29, 1.82) is 0 Å². The minimum Gasteiger partial charge on any atom is -0.394 e. The molecule has 0 aliphatic carbocycles. The van der Waals surface area contributed by atoms with Crippen LogP contribution < -0.4 is 10.6 Å². The third-order valence-electron chi connectivity index (χ3n) is 3.84. The van der Waals surface area contributed by atoms with Crippen molar-refractivity contribution in [3.05, 3.63) is 12.5 Å². The second kappa shape index (κ2) is 4.28. The summed E-state index contributed by atoms with van der Waals surface area (Å²) >= 11 is 0. The zero-order valence-corrected chi connectivity index (χ0v) is 10.1. The van der Waals surface area contributed by atoms with Gasteiger partial charge in [0, 0.05) is 13.1 Å². The quantitative estimate of drug-likeness (QED) is 0.829. The smallest absolute Gasteiger partial charge is 0.155 e. The molecular formula is C12H20N4. The average molecular weight is 220 g/mol. The molecule has 2 rings (SSSR count). The first kappa shape index (κ1) is 11.2. The first-order valence-electron chi connectivity index (χ1n) is 5.95. The maximum Gasteiger partial charge on any atom is 0.155 e. The highest BCUT2D eigenvalue weighted by Gasteiger charge is 2.29. The van der Waals surface area contributed by atoms with Gasteiger partial charge in [-0.3, -0.25) is 0 Å². The molecule has 0 bridgehead atoms. The fourth-order valence-electron chi connectivity index (χ4n) is 2.21. The number of nitrogens with two attached hydrogens (primary N) is 1. The lowest BCUT2D eigenvalue weighted by Crippen LogP contribution is -2.39. The number of nitrogens with zero attached hydrogens (tertiary/aromatic N) is 3. The molecule has 0 unspecified atom stereocenters. The summed E-state index contributed by atoms with van der Waals surface area (Å²) in [6, 6.07) is 0. The molecule has 4 nitrogen and oxygen atoms in total. The van der Waals surface area contributed by atoms with Crippen LogP contribution in [0.15, 0.2) is 12.5 Å². The van der Waals surface area contributed by atoms with E-state index in [1.54, 1.807) is 12.5 Å². The molecule has 0 atom stereocenters. The van der Waals surface area contributed by atoms with Gasteiger partial charge in [0.15, 0.2) is 5.82 Å². The van der Waals surface area contributed by atoms with Gasteiger partial charge in [0.2, 0.25) is 0 Å². The molecule has 4 heteroatoms. The Morgan fingerprint density at radius 3 is 2.69 bits per heavy atom. The van der Waals surface area contributed by atoms with E-state index in [2.05, 4.69) is 28.7 Å². The van der Waals surface area contributed by atoms with Crippen LogP contribution in [-0.2, 0) is 0 Å². The van der Waals surface area contributed by atoms with Gasteiger partial charge in [-0.2, -0.15) is 0 Å². The van der Waals surface area contributed by atoms with Crippen molar-refractivity contribution < 1.29 is 0 Å². The second-order valence-electron chi connectivity index (χ2n) is 4.95. The number of rotatable bonds is 2. The Balaban J connectivity index is 2.07. The Hall–Kier alpha value is -1.32. The van der Waals surface area contributed by atoms with E-state index >= 15 is 0 Å². The number of piperidine rings is 1. The Morgan fingerprint density at radius 1 is 1.44 bits per heavy atom. The van der Waals surface area contributed by atoms with E-state index in [0.29, 0.717) is 11.1 Å². The van der Waals surface area contributed by atoms with Gasteiger partial charge in [-0.15, -0.1) is 0 Å². The van der Waals surface area contributed by atoms with E-state index < -0.39 is 0 Å². The topological polar surface area (TPSA) is 55.0 Å². The summed E-state index contributed by atoms with van der Waals surface area (Å²) in [7, 11) is 0. The molecule has 88 valence electrons. The van der Waals surface area contributed by atoms with Gasteiger partial charge in [-0.05, 0) is 18.3 Å². The minimum atomic E-state index is 0.498. The molecule has 2 N–H and O–H groups in total. The van der Waals surface area contributed by atoms with Crippen molar-refractivity contribution in [2.75, 3.05) is 23.7 Å². The fourth-order valence-corrected chi connectivity index (χ4v) is 2.21. The monoisotopic (exact) mass is 220 g/mol. The van der Waals surface area contributed by atoms with Gasteiger partial charge >= 0.3 is 0 Å². The SMILES string of the molecule is CCC1(C)CCN(c2ncncc2N)CC1. The number of hydrogen-bond acceptors (Lipinski definition) is 4. The van der Waals surface area contributed by atoms with E-state index in [-0.39, 0.29) is 0 Å². The molecule has 0 aromatic carbocycles. The van der Waals surface area contributed by atoms with Gasteiger partial charge in [0.05, 0.1) is 11.9 Å². The van der Waals surface area contributed by atoms with Gasteiger partial charge in [0.1, 0.15) is 6.33 Å². The molecule has 0 radical (unpaired) electrons. The zero-order chi connectivity index (χ0) is 11.6. The first-order chi connectivity index (χ1) is 7.64. The molecule has 1 aliphatic heterocycles. The molecule has 2 heterocycles. The van der Waals surface area contributed by atoms with Crippen LogP contribution in [-0.4, -0.2) is 23.1 Å². The summed E-state index contributed by atoms with van der Waals surface area (Å²) in [5.74, 6) is 0.896. The molecule has 1 aromatic rings. The molecule has 1 saturated heterocycles. The summed E-state index contributed by atoms with van der Waals surface area (Å²) in [4.78, 5) is 10.5. The molecular weight excluding hydrogens is 200 g/mol. The highest BCUT2D eigenvalue weighted by molar-refractivity contribution is 5.61. The molecule has 0 amide bonds. The summed E-state index contributed by atoms with van der Waals surface area (Å²) in [6.45, 7) is 6.74. The van der Waals surface area contributed by atoms with Crippen LogP contribution in [0.4, 0.5) is 11.5 Å². The van der Waals surface area contributed by atoms with E-state index in [1.165, 1.54) is 19.3 Å². The highest BCUT2D eigenvalue weighted by atomic mass is 15.2. The first-order valence-corrected chi connectivity index (χ1v) is 5.95. The van der Waals surface area contributed by atoms with Gasteiger partial charge < -0.3 is 10.6 Å². The lowest BCUT2D eigenvalue weighted by molar-refractivity contribution is 0.238. The second-order valence-corrected chi connectivity index (χ2v) is 4.95. The maximum absolute atomic E-state index is 5.88. The number of hydrogen-bond donors (Lipinski definition) is 1. The number of nitrogen functional groups attached to an aromatic ring is 1. The lowest BCUT2D eigenvalue weighted by atomic mass is 9.78. The standard InChI is InChI=1S/C12H20N4/c1-3-12(2)4-6-16(7-5-12)11-10(13)8-14-9-15-11/h8-9H,3-7,13H2,1-2H3. The average Bonchev–Trinajstić information content (AvgIpc) is 2.31. The van der Waals surface area contributed by atoms with Crippen LogP contribution in [0.1, 0.15) is 33.1 Å². The molecule has 1 aromatic heterocycles. The Bertz CT molecular complexity index is 356. The molecule has 1 fully saturated rings. The highest BCUT2D eigenvalue weighted by Crippen LogP contribution is 2.35. The van der Waals surface area contributed by atoms with Crippen LogP contribution in [0, 0.1) is 5.41 Å². The number of anilines is 2. The summed E-state index contributed by atoms with van der Waals surface area (Å²) in [5, 5.41) is 0. The van der Waals surface area contributed by atoms with Crippen molar-refractivity contribution >= 4 is 11.5 Å². The predicted molar refractivity (Wildman–Crippen MR) is 66.3 cm³/mol. The van der Waals surface area contributed by atoms with Crippen molar-refractivity contribution in [3.63, 3.8) is 0 Å². The largest absolute Gasteiger partial charge is 0.394 e. The van der Waals surface area contributed by atoms with Gasteiger partial charge in [-0.25, -0.2) is 9.97 Å². The van der Waals surface area contributed by atoms with E-state index in [9.17, 15) is 0 Å². The van der Waals surface area contributed by atoms with Crippen LogP contribution >= 0.6 is 0 Å². The van der Waals surface area contributed by atoms with Crippen molar-refractivity contribution in [2.24, 2.45) is 5.41 Å². The normalized spacial score (nSPS) is 19.8. The van der Waals surface area contributed by atoms with Gasteiger partial charge in [0.25, 0.3) is 0 Å². The Morgan fingerprint density at radius 2 is 2.12 bits per heavy atom. The maximum atomic E-state index is 5.88. The van der Waals surface area contributed by atoms with Crippen LogP contribution in [0.5, 0.6) is 0 Å². The minimum absolute atomic E-state index is 0.498. The summed E-state index contributed by atoms with van der Waals surface area (Å²) in [6.07, 6.45) is 6.93. The Kier molecular flexibility index (Phi) is 2.99. The van der Waals surface area contributed by atoms with E-state index in [1.807, 2.05) is 0 Å². The molecule has 0 spiro atoms. The molecule has 0 saturated carbocycles. The fraction of sp³-hybridized carbons (Fsp3) is 0.667. The van der Waals surface area contributed by atoms with Crippen LogP contribution in [0.3, 0.4) is 0 Å². The Labute approximate surface area is 96.9 Å². The summed E-state index contributed by atoms with van der Waals surface area (Å²) in [5.41, 5.74) is 7.07. The summed E-state index contributed by atoms with van der Waals surface area (Å²) < 4.78 is 0. The van der Waals surface area contributed by atoms with Crippen molar-refractivity contribution in [1.82, 2.24) is 9.97 Å². The predicted octanol–water partition coefficient (Wildman–Crippen LogP) is 2.08. The molecule has 1 aliphatic rings. The number of aromatic nitrogens is 2. The van der Waals surface area contributed by atoms with Crippen LogP contribution in [0.2, 0.25) is 0 Å². The molecule has 16 heavy (non-hydrogen) atoms.